The van der Waals surface area contributed by atoms with Crippen molar-refractivity contribution in [3.05, 3.63) is 59.1 Å². The maximum absolute atomic E-state index is 11.7. The molecule has 2 aromatic carbocycles. The van der Waals surface area contributed by atoms with Crippen LogP contribution in [0.15, 0.2) is 48.5 Å². The second-order valence-electron chi connectivity index (χ2n) is 4.55. The van der Waals surface area contributed by atoms with Gasteiger partial charge >= 0.3 is 0 Å². The van der Waals surface area contributed by atoms with Crippen LogP contribution in [-0.4, -0.2) is 12.5 Å². The Kier molecular flexibility index (Phi) is 3.13. The Balaban J connectivity index is 1.91. The number of halogens is 1. The van der Waals surface area contributed by atoms with Crippen molar-refractivity contribution in [1.82, 2.24) is 0 Å². The molecule has 0 radical (unpaired) electrons. The molecule has 1 heterocycles. The zero-order valence-electron chi connectivity index (χ0n) is 10.3. The average molecular weight is 273 g/mol. The first-order valence-corrected chi connectivity index (χ1v) is 6.48. The van der Waals surface area contributed by atoms with Crippen LogP contribution >= 0.6 is 11.6 Å². The van der Waals surface area contributed by atoms with Crippen molar-refractivity contribution in [2.45, 2.75) is 6.54 Å². The van der Waals surface area contributed by atoms with Crippen LogP contribution in [0.2, 0.25) is 5.02 Å². The molecule has 0 spiro atoms. The van der Waals surface area contributed by atoms with Gasteiger partial charge in [0.2, 0.25) is 5.91 Å². The standard InChI is InChI=1S/C15H13ClN2O/c16-12-5-3-4-11(8-12)9-18-10-15(19)17-13-6-1-2-7-14(13)18/h1-8H,9-10H2,(H,17,19). The van der Waals surface area contributed by atoms with E-state index in [-0.39, 0.29) is 5.91 Å². The van der Waals surface area contributed by atoms with Crippen LogP contribution in [0.1, 0.15) is 5.56 Å². The second kappa shape index (κ2) is 4.94. The van der Waals surface area contributed by atoms with Gasteiger partial charge in [0, 0.05) is 11.6 Å². The van der Waals surface area contributed by atoms with E-state index in [9.17, 15) is 4.79 Å². The average Bonchev–Trinajstić information content (AvgIpc) is 2.38. The molecule has 1 aliphatic rings. The number of hydrogen-bond donors (Lipinski definition) is 1. The lowest BCUT2D eigenvalue weighted by Crippen LogP contribution is -2.37. The lowest BCUT2D eigenvalue weighted by molar-refractivity contribution is -0.115. The Morgan fingerprint density at radius 2 is 2.00 bits per heavy atom. The van der Waals surface area contributed by atoms with E-state index < -0.39 is 0 Å². The lowest BCUT2D eigenvalue weighted by atomic mass is 10.1. The number of carbonyl (C=O) groups is 1. The highest BCUT2D eigenvalue weighted by Gasteiger charge is 2.21. The molecule has 96 valence electrons. The van der Waals surface area contributed by atoms with Crippen molar-refractivity contribution in [3.63, 3.8) is 0 Å². The fourth-order valence-corrected chi connectivity index (χ4v) is 2.51. The van der Waals surface area contributed by atoms with E-state index in [0.29, 0.717) is 18.1 Å². The number of anilines is 2. The maximum atomic E-state index is 11.7. The Morgan fingerprint density at radius 1 is 1.16 bits per heavy atom. The highest BCUT2D eigenvalue weighted by atomic mass is 35.5. The number of para-hydroxylation sites is 2. The third-order valence-corrected chi connectivity index (χ3v) is 3.35. The molecule has 1 amide bonds. The first kappa shape index (κ1) is 12.1. The zero-order chi connectivity index (χ0) is 13.2. The normalized spacial score (nSPS) is 13.9. The van der Waals surface area contributed by atoms with Gasteiger partial charge in [0.1, 0.15) is 0 Å². The molecule has 0 saturated heterocycles. The van der Waals surface area contributed by atoms with E-state index in [1.165, 1.54) is 0 Å². The van der Waals surface area contributed by atoms with E-state index >= 15 is 0 Å². The number of amides is 1. The number of benzene rings is 2. The molecule has 0 fully saturated rings. The van der Waals surface area contributed by atoms with E-state index in [2.05, 4.69) is 10.2 Å². The van der Waals surface area contributed by atoms with Gasteiger partial charge in [-0.25, -0.2) is 0 Å². The summed E-state index contributed by atoms with van der Waals surface area (Å²) in [5.74, 6) is 0.0146. The fraction of sp³-hybridized carbons (Fsp3) is 0.133. The van der Waals surface area contributed by atoms with Crippen molar-refractivity contribution in [3.8, 4) is 0 Å². The van der Waals surface area contributed by atoms with E-state index in [0.717, 1.165) is 16.9 Å². The van der Waals surface area contributed by atoms with E-state index in [1.54, 1.807) is 0 Å². The summed E-state index contributed by atoms with van der Waals surface area (Å²) in [7, 11) is 0. The molecule has 0 aliphatic carbocycles. The Labute approximate surface area is 116 Å². The van der Waals surface area contributed by atoms with Gasteiger partial charge in [-0.05, 0) is 29.8 Å². The summed E-state index contributed by atoms with van der Waals surface area (Å²) in [6, 6.07) is 15.5. The lowest BCUT2D eigenvalue weighted by Gasteiger charge is -2.30. The Hall–Kier alpha value is -2.00. The largest absolute Gasteiger partial charge is 0.356 e. The third kappa shape index (κ3) is 2.56. The van der Waals surface area contributed by atoms with Crippen molar-refractivity contribution in [2.24, 2.45) is 0 Å². The first-order chi connectivity index (χ1) is 9.22. The van der Waals surface area contributed by atoms with E-state index in [1.807, 2.05) is 48.5 Å². The van der Waals surface area contributed by atoms with Crippen LogP contribution < -0.4 is 10.2 Å². The molecular formula is C15H13ClN2O. The van der Waals surface area contributed by atoms with Gasteiger partial charge in [-0.3, -0.25) is 4.79 Å². The zero-order valence-corrected chi connectivity index (χ0v) is 11.0. The molecule has 4 heteroatoms. The van der Waals surface area contributed by atoms with Crippen molar-refractivity contribution >= 4 is 28.9 Å². The summed E-state index contributed by atoms with van der Waals surface area (Å²) in [4.78, 5) is 13.8. The predicted molar refractivity (Wildman–Crippen MR) is 77.6 cm³/mol. The van der Waals surface area contributed by atoms with Crippen LogP contribution in [0, 0.1) is 0 Å². The van der Waals surface area contributed by atoms with Gasteiger partial charge in [-0.2, -0.15) is 0 Å². The number of fused-ring (bicyclic) bond motifs is 1. The van der Waals surface area contributed by atoms with Gasteiger partial charge in [0.05, 0.1) is 17.9 Å². The van der Waals surface area contributed by atoms with Gasteiger partial charge in [0.15, 0.2) is 0 Å². The van der Waals surface area contributed by atoms with Crippen LogP contribution in [0.25, 0.3) is 0 Å². The SMILES string of the molecule is O=C1CN(Cc2cccc(Cl)c2)c2ccccc2N1. The molecule has 2 aromatic rings. The molecular weight excluding hydrogens is 260 g/mol. The molecule has 0 aromatic heterocycles. The van der Waals surface area contributed by atoms with Gasteiger partial charge in [-0.1, -0.05) is 35.9 Å². The molecule has 0 atom stereocenters. The minimum atomic E-state index is 0.0146. The number of hydrogen-bond acceptors (Lipinski definition) is 2. The summed E-state index contributed by atoms with van der Waals surface area (Å²) < 4.78 is 0. The maximum Gasteiger partial charge on any atom is 0.243 e. The molecule has 1 aliphatic heterocycles. The highest BCUT2D eigenvalue weighted by molar-refractivity contribution is 6.30. The molecule has 0 bridgehead atoms. The summed E-state index contributed by atoms with van der Waals surface area (Å²) in [6.45, 7) is 1.04. The summed E-state index contributed by atoms with van der Waals surface area (Å²) in [5.41, 5.74) is 3.00. The quantitative estimate of drug-likeness (QED) is 0.910. The monoisotopic (exact) mass is 272 g/mol. The van der Waals surface area contributed by atoms with Crippen LogP contribution in [0.4, 0.5) is 11.4 Å². The van der Waals surface area contributed by atoms with Crippen LogP contribution in [0.3, 0.4) is 0 Å². The summed E-state index contributed by atoms with van der Waals surface area (Å²) in [6.07, 6.45) is 0. The van der Waals surface area contributed by atoms with E-state index in [4.69, 9.17) is 11.6 Å². The van der Waals surface area contributed by atoms with Crippen molar-refractivity contribution in [1.29, 1.82) is 0 Å². The molecule has 19 heavy (non-hydrogen) atoms. The second-order valence-corrected chi connectivity index (χ2v) is 4.99. The van der Waals surface area contributed by atoms with Crippen LogP contribution in [0.5, 0.6) is 0 Å². The fourth-order valence-electron chi connectivity index (χ4n) is 2.30. The van der Waals surface area contributed by atoms with Gasteiger partial charge in [-0.15, -0.1) is 0 Å². The predicted octanol–water partition coefficient (Wildman–Crippen LogP) is 3.30. The summed E-state index contributed by atoms with van der Waals surface area (Å²) in [5, 5.41) is 3.60. The molecule has 3 nitrogen and oxygen atoms in total. The highest BCUT2D eigenvalue weighted by Crippen LogP contribution is 2.30. The topological polar surface area (TPSA) is 32.3 Å². The minimum Gasteiger partial charge on any atom is -0.356 e. The molecule has 3 rings (SSSR count). The Morgan fingerprint density at radius 3 is 2.84 bits per heavy atom. The van der Waals surface area contributed by atoms with Crippen molar-refractivity contribution in [2.75, 3.05) is 16.8 Å². The van der Waals surface area contributed by atoms with Gasteiger partial charge in [0.25, 0.3) is 0 Å². The Bertz CT molecular complexity index is 627. The third-order valence-electron chi connectivity index (χ3n) is 3.12. The number of nitrogens with one attached hydrogen (secondary N) is 1. The minimum absolute atomic E-state index is 0.0146. The van der Waals surface area contributed by atoms with Crippen LogP contribution in [-0.2, 0) is 11.3 Å². The number of carbonyl (C=O) groups excluding carboxylic acids is 1. The number of rotatable bonds is 2. The number of nitrogens with zero attached hydrogens (tertiary/aromatic N) is 1. The smallest absolute Gasteiger partial charge is 0.243 e. The molecule has 1 N–H and O–H groups in total. The van der Waals surface area contributed by atoms with Crippen molar-refractivity contribution < 1.29 is 4.79 Å². The van der Waals surface area contributed by atoms with Gasteiger partial charge < -0.3 is 10.2 Å². The molecule has 0 unspecified atom stereocenters. The molecule has 0 saturated carbocycles. The summed E-state index contributed by atoms with van der Waals surface area (Å²) >= 11 is 5.99. The first-order valence-electron chi connectivity index (χ1n) is 6.10.